The van der Waals surface area contributed by atoms with Crippen molar-refractivity contribution in [2.45, 2.75) is 50.5 Å². The Labute approximate surface area is 125 Å². The highest BCUT2D eigenvalue weighted by Gasteiger charge is 2.33. The van der Waals surface area contributed by atoms with E-state index in [0.29, 0.717) is 6.54 Å². The fourth-order valence-corrected chi connectivity index (χ4v) is 4.40. The Bertz CT molecular complexity index is 539. The third-order valence-electron chi connectivity index (χ3n) is 3.48. The summed E-state index contributed by atoms with van der Waals surface area (Å²) in [6.07, 6.45) is 6.61. The van der Waals surface area contributed by atoms with Crippen LogP contribution in [-0.2, 0) is 10.0 Å². The molecule has 1 saturated carbocycles. The van der Waals surface area contributed by atoms with Gasteiger partial charge in [-0.2, -0.15) is 4.31 Å². The van der Waals surface area contributed by atoms with Crippen molar-refractivity contribution in [1.29, 1.82) is 0 Å². The predicted molar refractivity (Wildman–Crippen MR) is 78.0 cm³/mol. The summed E-state index contributed by atoms with van der Waals surface area (Å²) in [5, 5.41) is 0.0558. The summed E-state index contributed by atoms with van der Waals surface area (Å²) in [7, 11) is -3.55. The van der Waals surface area contributed by atoms with E-state index in [1.165, 1.54) is 12.4 Å². The van der Waals surface area contributed by atoms with E-state index in [9.17, 15) is 8.42 Å². The average Bonchev–Trinajstić information content (AvgIpc) is 2.89. The standard InChI is InChI=1S/C13H20ClN3O2S/c1-10(2)9-17(11-5-3-4-6-11)20(18,19)12-7-15-13(14)16-8-12/h7-8,10-11H,3-6,9H2,1-2H3. The molecule has 0 radical (unpaired) electrons. The van der Waals surface area contributed by atoms with Crippen LogP contribution >= 0.6 is 11.6 Å². The summed E-state index contributed by atoms with van der Waals surface area (Å²) in [5.74, 6) is 0.276. The van der Waals surface area contributed by atoms with E-state index in [0.717, 1.165) is 25.7 Å². The van der Waals surface area contributed by atoms with Crippen molar-refractivity contribution in [2.24, 2.45) is 5.92 Å². The van der Waals surface area contributed by atoms with Gasteiger partial charge in [0.2, 0.25) is 15.3 Å². The van der Waals surface area contributed by atoms with Crippen LogP contribution in [-0.4, -0.2) is 35.3 Å². The molecule has 0 amide bonds. The first kappa shape index (κ1) is 15.7. The molecule has 5 nitrogen and oxygen atoms in total. The lowest BCUT2D eigenvalue weighted by molar-refractivity contribution is 0.292. The van der Waals surface area contributed by atoms with Gasteiger partial charge in [-0.1, -0.05) is 26.7 Å². The topological polar surface area (TPSA) is 63.2 Å². The van der Waals surface area contributed by atoms with Gasteiger partial charge in [0, 0.05) is 12.6 Å². The first-order valence-electron chi connectivity index (χ1n) is 6.90. The number of hydrogen-bond donors (Lipinski definition) is 0. The monoisotopic (exact) mass is 317 g/mol. The van der Waals surface area contributed by atoms with E-state index in [1.54, 1.807) is 4.31 Å². The second kappa shape index (κ2) is 6.37. The van der Waals surface area contributed by atoms with Crippen molar-refractivity contribution in [3.8, 4) is 0 Å². The molecule has 0 spiro atoms. The Kier molecular flexibility index (Phi) is 4.99. The van der Waals surface area contributed by atoms with Gasteiger partial charge in [0.05, 0.1) is 12.4 Å². The molecule has 0 saturated heterocycles. The summed E-state index contributed by atoms with van der Waals surface area (Å²) < 4.78 is 27.2. The largest absolute Gasteiger partial charge is 0.246 e. The molecule has 1 aliphatic rings. The maximum atomic E-state index is 12.8. The minimum atomic E-state index is -3.55. The minimum Gasteiger partial charge on any atom is -0.225 e. The Balaban J connectivity index is 2.32. The zero-order valence-corrected chi connectivity index (χ0v) is 13.4. The van der Waals surface area contributed by atoms with Crippen LogP contribution in [0.3, 0.4) is 0 Å². The number of sulfonamides is 1. The van der Waals surface area contributed by atoms with E-state index < -0.39 is 10.0 Å². The summed E-state index contributed by atoms with van der Waals surface area (Å²) in [6, 6.07) is 0.0954. The average molecular weight is 318 g/mol. The van der Waals surface area contributed by atoms with Gasteiger partial charge >= 0.3 is 0 Å². The molecule has 7 heteroatoms. The Morgan fingerprint density at radius 1 is 1.30 bits per heavy atom. The molecule has 1 heterocycles. The third kappa shape index (κ3) is 3.48. The van der Waals surface area contributed by atoms with Gasteiger partial charge in [0.25, 0.3) is 0 Å². The lowest BCUT2D eigenvalue weighted by Gasteiger charge is -2.29. The molecule has 112 valence electrons. The molecule has 0 aliphatic heterocycles. The lowest BCUT2D eigenvalue weighted by Crippen LogP contribution is -2.41. The summed E-state index contributed by atoms with van der Waals surface area (Å²) in [5.41, 5.74) is 0. The highest BCUT2D eigenvalue weighted by atomic mass is 35.5. The molecule has 1 aromatic heterocycles. The minimum absolute atomic E-state index is 0.0558. The molecular formula is C13H20ClN3O2S. The van der Waals surface area contributed by atoms with Crippen LogP contribution in [0.5, 0.6) is 0 Å². The van der Waals surface area contributed by atoms with Crippen molar-refractivity contribution in [2.75, 3.05) is 6.54 Å². The quantitative estimate of drug-likeness (QED) is 0.783. The maximum Gasteiger partial charge on any atom is 0.246 e. The van der Waals surface area contributed by atoms with Gasteiger partial charge in [0.1, 0.15) is 4.90 Å². The van der Waals surface area contributed by atoms with Gasteiger partial charge in [-0.3, -0.25) is 0 Å². The van der Waals surface area contributed by atoms with Crippen LogP contribution in [0.25, 0.3) is 0 Å². The smallest absolute Gasteiger partial charge is 0.225 e. The Morgan fingerprint density at radius 2 is 1.85 bits per heavy atom. The highest BCUT2D eigenvalue weighted by Crippen LogP contribution is 2.29. The van der Waals surface area contributed by atoms with Crippen molar-refractivity contribution in [1.82, 2.24) is 14.3 Å². The van der Waals surface area contributed by atoms with Gasteiger partial charge in [-0.15, -0.1) is 0 Å². The Hall–Kier alpha value is -0.720. The first-order valence-corrected chi connectivity index (χ1v) is 8.72. The number of nitrogens with zero attached hydrogens (tertiary/aromatic N) is 3. The summed E-state index contributed by atoms with van der Waals surface area (Å²) >= 11 is 5.62. The van der Waals surface area contributed by atoms with E-state index in [2.05, 4.69) is 9.97 Å². The molecule has 20 heavy (non-hydrogen) atoms. The molecule has 2 rings (SSSR count). The van der Waals surface area contributed by atoms with E-state index in [-0.39, 0.29) is 22.1 Å². The fraction of sp³-hybridized carbons (Fsp3) is 0.692. The highest BCUT2D eigenvalue weighted by molar-refractivity contribution is 7.89. The van der Waals surface area contributed by atoms with E-state index in [1.807, 2.05) is 13.8 Å². The second-order valence-electron chi connectivity index (χ2n) is 5.59. The van der Waals surface area contributed by atoms with E-state index in [4.69, 9.17) is 11.6 Å². The molecule has 1 fully saturated rings. The number of halogens is 1. The zero-order chi connectivity index (χ0) is 14.8. The summed E-state index contributed by atoms with van der Waals surface area (Å²) in [6.45, 7) is 4.57. The summed E-state index contributed by atoms with van der Waals surface area (Å²) in [4.78, 5) is 7.68. The first-order chi connectivity index (χ1) is 9.41. The molecule has 0 atom stereocenters. The molecule has 1 aliphatic carbocycles. The van der Waals surface area contributed by atoms with Crippen LogP contribution in [0.1, 0.15) is 39.5 Å². The molecule has 0 N–H and O–H groups in total. The number of hydrogen-bond acceptors (Lipinski definition) is 4. The van der Waals surface area contributed by atoms with Crippen LogP contribution in [0.4, 0.5) is 0 Å². The van der Waals surface area contributed by atoms with Crippen LogP contribution in [0.2, 0.25) is 5.28 Å². The number of aromatic nitrogens is 2. The molecule has 1 aromatic rings. The van der Waals surface area contributed by atoms with Gasteiger partial charge < -0.3 is 0 Å². The Morgan fingerprint density at radius 3 is 2.35 bits per heavy atom. The van der Waals surface area contributed by atoms with Crippen molar-refractivity contribution >= 4 is 21.6 Å². The maximum absolute atomic E-state index is 12.8. The molecule has 0 aromatic carbocycles. The lowest BCUT2D eigenvalue weighted by atomic mass is 10.2. The van der Waals surface area contributed by atoms with Crippen LogP contribution in [0, 0.1) is 5.92 Å². The van der Waals surface area contributed by atoms with Crippen LogP contribution in [0.15, 0.2) is 17.3 Å². The van der Waals surface area contributed by atoms with Crippen molar-refractivity contribution in [3.63, 3.8) is 0 Å². The zero-order valence-electron chi connectivity index (χ0n) is 11.8. The second-order valence-corrected chi connectivity index (χ2v) is 7.82. The van der Waals surface area contributed by atoms with Crippen molar-refractivity contribution < 1.29 is 8.42 Å². The van der Waals surface area contributed by atoms with E-state index >= 15 is 0 Å². The molecule has 0 unspecified atom stereocenters. The molecule has 0 bridgehead atoms. The van der Waals surface area contributed by atoms with Gasteiger partial charge in [0.15, 0.2) is 0 Å². The third-order valence-corrected chi connectivity index (χ3v) is 5.55. The fourth-order valence-electron chi connectivity index (χ4n) is 2.56. The van der Waals surface area contributed by atoms with Gasteiger partial charge in [-0.05, 0) is 30.4 Å². The van der Waals surface area contributed by atoms with Crippen LogP contribution < -0.4 is 0 Å². The molecular weight excluding hydrogens is 298 g/mol. The SMILES string of the molecule is CC(C)CN(C1CCCC1)S(=O)(=O)c1cnc(Cl)nc1. The predicted octanol–water partition coefficient (Wildman–Crippen LogP) is 2.72. The number of rotatable bonds is 5. The van der Waals surface area contributed by atoms with Crippen molar-refractivity contribution in [3.05, 3.63) is 17.7 Å². The van der Waals surface area contributed by atoms with Gasteiger partial charge in [-0.25, -0.2) is 18.4 Å². The normalized spacial score (nSPS) is 17.2.